The molecule has 8 heteroatoms. The van der Waals surface area contributed by atoms with Crippen molar-refractivity contribution in [2.45, 2.75) is 50.0 Å². The zero-order chi connectivity index (χ0) is 24.0. The summed E-state index contributed by atoms with van der Waals surface area (Å²) >= 11 is 0. The Balaban J connectivity index is 1.20. The lowest BCUT2D eigenvalue weighted by Crippen LogP contribution is -2.43. The SMILES string of the molecule is O=C(NCc1ccc(S(=O)(=O)N2CCCC2)cc1)C1CCN(C(=O)CCc2ccccc2)CC1. The molecule has 182 valence electrons. The molecule has 2 aliphatic rings. The Morgan fingerprint density at radius 3 is 2.15 bits per heavy atom. The smallest absolute Gasteiger partial charge is 0.243 e. The van der Waals surface area contributed by atoms with Crippen molar-refractivity contribution in [3.63, 3.8) is 0 Å². The summed E-state index contributed by atoms with van der Waals surface area (Å²) in [5, 5.41) is 2.97. The molecule has 0 spiro atoms. The number of carbonyl (C=O) groups excluding carboxylic acids is 2. The number of rotatable bonds is 8. The van der Waals surface area contributed by atoms with Gasteiger partial charge in [-0.25, -0.2) is 8.42 Å². The van der Waals surface area contributed by atoms with E-state index in [1.54, 1.807) is 24.3 Å². The van der Waals surface area contributed by atoms with Crippen LogP contribution in [0.15, 0.2) is 59.5 Å². The molecule has 7 nitrogen and oxygen atoms in total. The fourth-order valence-corrected chi connectivity index (χ4v) is 6.15. The van der Waals surface area contributed by atoms with Crippen LogP contribution >= 0.6 is 0 Å². The van der Waals surface area contributed by atoms with Gasteiger partial charge >= 0.3 is 0 Å². The van der Waals surface area contributed by atoms with Crippen LogP contribution in [-0.2, 0) is 32.6 Å². The Bertz CT molecular complexity index is 1070. The number of nitrogens with zero attached hydrogens (tertiary/aromatic N) is 2. The molecule has 34 heavy (non-hydrogen) atoms. The molecular weight excluding hydrogens is 450 g/mol. The van der Waals surface area contributed by atoms with E-state index in [-0.39, 0.29) is 17.7 Å². The molecule has 0 bridgehead atoms. The molecule has 0 unspecified atom stereocenters. The molecule has 0 aliphatic carbocycles. The van der Waals surface area contributed by atoms with E-state index >= 15 is 0 Å². The zero-order valence-electron chi connectivity index (χ0n) is 19.5. The summed E-state index contributed by atoms with van der Waals surface area (Å²) < 4.78 is 26.8. The highest BCUT2D eigenvalue weighted by molar-refractivity contribution is 7.89. The van der Waals surface area contributed by atoms with Crippen LogP contribution in [0.4, 0.5) is 0 Å². The van der Waals surface area contributed by atoms with Gasteiger partial charge in [-0.05, 0) is 55.4 Å². The second-order valence-corrected chi connectivity index (χ2v) is 11.1. The molecule has 4 rings (SSSR count). The summed E-state index contributed by atoms with van der Waals surface area (Å²) in [4.78, 5) is 27.3. The van der Waals surface area contributed by atoms with Crippen LogP contribution in [0.2, 0.25) is 0 Å². The molecule has 2 aliphatic heterocycles. The third-order valence-electron chi connectivity index (χ3n) is 6.78. The van der Waals surface area contributed by atoms with E-state index in [0.717, 1.165) is 30.4 Å². The van der Waals surface area contributed by atoms with Gasteiger partial charge in [0.1, 0.15) is 0 Å². The van der Waals surface area contributed by atoms with E-state index in [2.05, 4.69) is 5.32 Å². The number of sulfonamides is 1. The van der Waals surface area contributed by atoms with Gasteiger partial charge in [0.05, 0.1) is 4.90 Å². The molecule has 2 fully saturated rings. The van der Waals surface area contributed by atoms with Crippen LogP contribution in [0.1, 0.15) is 43.2 Å². The Labute approximate surface area is 202 Å². The van der Waals surface area contributed by atoms with Gasteiger partial charge in [-0.1, -0.05) is 42.5 Å². The van der Waals surface area contributed by atoms with Crippen molar-refractivity contribution in [3.05, 3.63) is 65.7 Å². The molecular formula is C26H33N3O4S. The maximum atomic E-state index is 12.6. The summed E-state index contributed by atoms with van der Waals surface area (Å²) in [6, 6.07) is 16.8. The maximum absolute atomic E-state index is 12.6. The number of piperidine rings is 1. The monoisotopic (exact) mass is 483 g/mol. The molecule has 0 saturated carbocycles. The Morgan fingerprint density at radius 2 is 1.50 bits per heavy atom. The van der Waals surface area contributed by atoms with Crippen molar-refractivity contribution in [1.29, 1.82) is 0 Å². The van der Waals surface area contributed by atoms with E-state index in [4.69, 9.17) is 0 Å². The second-order valence-electron chi connectivity index (χ2n) is 9.11. The largest absolute Gasteiger partial charge is 0.352 e. The van der Waals surface area contributed by atoms with Crippen molar-refractivity contribution >= 4 is 21.8 Å². The number of benzene rings is 2. The fraction of sp³-hybridized carbons (Fsp3) is 0.462. The predicted molar refractivity (Wildman–Crippen MR) is 130 cm³/mol. The molecule has 2 aromatic carbocycles. The topological polar surface area (TPSA) is 86.8 Å². The lowest BCUT2D eigenvalue weighted by atomic mass is 9.95. The Kier molecular flexibility index (Phi) is 8.00. The first-order valence-electron chi connectivity index (χ1n) is 12.1. The number of amides is 2. The Hall–Kier alpha value is -2.71. The van der Waals surface area contributed by atoms with Crippen molar-refractivity contribution in [1.82, 2.24) is 14.5 Å². The molecule has 2 amide bonds. The lowest BCUT2D eigenvalue weighted by molar-refractivity contribution is -0.135. The average Bonchev–Trinajstić information content (AvgIpc) is 3.43. The van der Waals surface area contributed by atoms with Gasteiger partial charge in [0.2, 0.25) is 21.8 Å². The van der Waals surface area contributed by atoms with E-state index < -0.39 is 10.0 Å². The van der Waals surface area contributed by atoms with E-state index in [1.165, 1.54) is 4.31 Å². The quantitative estimate of drug-likeness (QED) is 0.626. The Morgan fingerprint density at radius 1 is 0.853 bits per heavy atom. The van der Waals surface area contributed by atoms with Gasteiger partial charge < -0.3 is 10.2 Å². The van der Waals surface area contributed by atoms with Gasteiger partial charge in [0.15, 0.2) is 0 Å². The first kappa shape index (κ1) is 24.4. The van der Waals surface area contributed by atoms with Gasteiger partial charge in [-0.3, -0.25) is 9.59 Å². The first-order valence-corrected chi connectivity index (χ1v) is 13.6. The average molecular weight is 484 g/mol. The van der Waals surface area contributed by atoms with E-state index in [1.807, 2.05) is 35.2 Å². The molecule has 1 N–H and O–H groups in total. The third kappa shape index (κ3) is 6.04. The highest BCUT2D eigenvalue weighted by Crippen LogP contribution is 2.22. The number of hydrogen-bond acceptors (Lipinski definition) is 4. The van der Waals surface area contributed by atoms with Crippen LogP contribution in [0.3, 0.4) is 0 Å². The summed E-state index contributed by atoms with van der Waals surface area (Å²) in [6.45, 7) is 2.73. The number of likely N-dealkylation sites (tertiary alicyclic amines) is 1. The number of hydrogen-bond donors (Lipinski definition) is 1. The minimum absolute atomic E-state index is 0.00912. The van der Waals surface area contributed by atoms with Crippen molar-refractivity contribution < 1.29 is 18.0 Å². The molecule has 0 atom stereocenters. The normalized spacial score (nSPS) is 17.6. The van der Waals surface area contributed by atoms with Gasteiger partial charge in [0, 0.05) is 45.1 Å². The van der Waals surface area contributed by atoms with E-state index in [0.29, 0.717) is 56.9 Å². The minimum atomic E-state index is -3.42. The van der Waals surface area contributed by atoms with E-state index in [9.17, 15) is 18.0 Å². The molecule has 2 heterocycles. The van der Waals surface area contributed by atoms with Crippen LogP contribution in [0.25, 0.3) is 0 Å². The first-order chi connectivity index (χ1) is 16.4. The minimum Gasteiger partial charge on any atom is -0.352 e. The van der Waals surface area contributed by atoms with Crippen molar-refractivity contribution in [3.8, 4) is 0 Å². The number of nitrogens with one attached hydrogen (secondary N) is 1. The van der Waals surface area contributed by atoms with Crippen LogP contribution < -0.4 is 5.32 Å². The molecule has 0 aromatic heterocycles. The summed E-state index contributed by atoms with van der Waals surface area (Å²) in [5.41, 5.74) is 2.02. The van der Waals surface area contributed by atoms with Gasteiger partial charge in [-0.15, -0.1) is 0 Å². The molecule has 0 radical (unpaired) electrons. The third-order valence-corrected chi connectivity index (χ3v) is 8.69. The van der Waals surface area contributed by atoms with Crippen LogP contribution in [0, 0.1) is 5.92 Å². The van der Waals surface area contributed by atoms with Crippen molar-refractivity contribution in [2.24, 2.45) is 5.92 Å². The predicted octanol–water partition coefficient (Wildman–Crippen LogP) is 2.96. The molecule has 2 saturated heterocycles. The zero-order valence-corrected chi connectivity index (χ0v) is 20.3. The summed E-state index contributed by atoms with van der Waals surface area (Å²) in [6.07, 6.45) is 4.36. The highest BCUT2D eigenvalue weighted by Gasteiger charge is 2.28. The number of aryl methyl sites for hydroxylation is 1. The molecule has 2 aromatic rings. The van der Waals surface area contributed by atoms with Gasteiger partial charge in [0.25, 0.3) is 0 Å². The van der Waals surface area contributed by atoms with Crippen LogP contribution in [-0.4, -0.2) is 55.6 Å². The maximum Gasteiger partial charge on any atom is 0.243 e. The number of carbonyl (C=O) groups is 2. The highest BCUT2D eigenvalue weighted by atomic mass is 32.2. The van der Waals surface area contributed by atoms with Crippen LogP contribution in [0.5, 0.6) is 0 Å². The van der Waals surface area contributed by atoms with Crippen molar-refractivity contribution in [2.75, 3.05) is 26.2 Å². The second kappa shape index (κ2) is 11.1. The standard InChI is InChI=1S/C26H33N3O4S/c30-25(13-10-21-6-2-1-3-7-21)28-18-14-23(15-19-28)26(31)27-20-22-8-11-24(12-9-22)34(32,33)29-16-4-5-17-29/h1-3,6-9,11-12,23H,4-5,10,13-20H2,(H,27,31). The van der Waals surface area contributed by atoms with Gasteiger partial charge in [-0.2, -0.15) is 4.31 Å². The lowest BCUT2D eigenvalue weighted by Gasteiger charge is -2.31. The fourth-order valence-electron chi connectivity index (χ4n) is 4.64. The summed E-state index contributed by atoms with van der Waals surface area (Å²) in [5.74, 6) is 0.0322. The summed E-state index contributed by atoms with van der Waals surface area (Å²) in [7, 11) is -3.42.